The molecule has 0 spiro atoms. The summed E-state index contributed by atoms with van der Waals surface area (Å²) in [5.41, 5.74) is 3.69. The van der Waals surface area contributed by atoms with Crippen LogP contribution < -0.4 is 14.8 Å². The van der Waals surface area contributed by atoms with Crippen LogP contribution in [0.5, 0.6) is 11.5 Å². The minimum atomic E-state index is -0.120. The number of hydrogen-bond acceptors (Lipinski definition) is 3. The van der Waals surface area contributed by atoms with Crippen LogP contribution in [0.2, 0.25) is 0 Å². The van der Waals surface area contributed by atoms with Crippen molar-refractivity contribution >= 4 is 16.8 Å². The number of ether oxygens (including phenoxy) is 2. The number of methoxy groups -OCH3 is 1. The van der Waals surface area contributed by atoms with Crippen molar-refractivity contribution < 1.29 is 14.3 Å². The number of rotatable bonds is 5. The molecule has 0 aliphatic heterocycles. The minimum Gasteiger partial charge on any atom is -0.493 e. The zero-order valence-corrected chi connectivity index (χ0v) is 14.0. The number of aromatic nitrogens is 1. The highest BCUT2D eigenvalue weighted by Crippen LogP contribution is 2.30. The highest BCUT2D eigenvalue weighted by molar-refractivity contribution is 5.86. The molecule has 0 saturated heterocycles. The summed E-state index contributed by atoms with van der Waals surface area (Å²) in [4.78, 5) is 15.7. The van der Waals surface area contributed by atoms with Crippen LogP contribution in [0.3, 0.4) is 0 Å². The van der Waals surface area contributed by atoms with Crippen LogP contribution in [0.4, 0.5) is 0 Å². The fourth-order valence-electron chi connectivity index (χ4n) is 3.48. The van der Waals surface area contributed by atoms with Gasteiger partial charge in [-0.1, -0.05) is 30.3 Å². The number of nitrogens with one attached hydrogen (secondary N) is 2. The van der Waals surface area contributed by atoms with Crippen LogP contribution in [0.25, 0.3) is 10.9 Å². The van der Waals surface area contributed by atoms with E-state index in [0.717, 1.165) is 18.4 Å². The van der Waals surface area contributed by atoms with Crippen molar-refractivity contribution in [1.82, 2.24) is 10.3 Å². The molecular weight excluding hydrogens is 316 g/mol. The summed E-state index contributed by atoms with van der Waals surface area (Å²) in [6.07, 6.45) is 1.67. The first kappa shape index (κ1) is 15.6. The number of aromatic amines is 1. The van der Waals surface area contributed by atoms with Crippen LogP contribution in [0.15, 0.2) is 48.5 Å². The average Bonchev–Trinajstić information content (AvgIpc) is 3.17. The standard InChI is InChI=1S/C20H20N2O3/c1-24-18-8-4-5-9-19(18)25-12-20(23)21-13-10-15-14-6-2-3-7-16(14)22-17(15)11-13/h2-9,13,22H,10-12H2,1H3,(H,21,23). The lowest BCUT2D eigenvalue weighted by Gasteiger charge is -2.14. The van der Waals surface area contributed by atoms with Gasteiger partial charge in [0, 0.05) is 29.1 Å². The van der Waals surface area contributed by atoms with Crippen molar-refractivity contribution in [1.29, 1.82) is 0 Å². The van der Waals surface area contributed by atoms with E-state index in [-0.39, 0.29) is 18.6 Å². The van der Waals surface area contributed by atoms with Gasteiger partial charge in [-0.25, -0.2) is 0 Å². The van der Waals surface area contributed by atoms with Crippen LogP contribution in [-0.4, -0.2) is 30.6 Å². The van der Waals surface area contributed by atoms with Crippen molar-refractivity contribution in [2.24, 2.45) is 0 Å². The molecule has 128 valence electrons. The second kappa shape index (κ2) is 6.51. The number of hydrogen-bond donors (Lipinski definition) is 2. The number of carbonyl (C=O) groups is 1. The zero-order chi connectivity index (χ0) is 17.2. The summed E-state index contributed by atoms with van der Waals surface area (Å²) in [6, 6.07) is 15.7. The van der Waals surface area contributed by atoms with Gasteiger partial charge in [-0.15, -0.1) is 0 Å². The smallest absolute Gasteiger partial charge is 0.258 e. The lowest BCUT2D eigenvalue weighted by molar-refractivity contribution is -0.123. The molecule has 0 saturated carbocycles. The van der Waals surface area contributed by atoms with Gasteiger partial charge in [-0.3, -0.25) is 4.79 Å². The van der Waals surface area contributed by atoms with Crippen molar-refractivity contribution in [2.45, 2.75) is 18.9 Å². The molecule has 4 rings (SSSR count). The molecule has 1 aliphatic rings. The number of para-hydroxylation sites is 3. The predicted molar refractivity (Wildman–Crippen MR) is 96.1 cm³/mol. The maximum absolute atomic E-state index is 12.2. The molecule has 3 aromatic rings. The van der Waals surface area contributed by atoms with Gasteiger partial charge in [0.05, 0.1) is 7.11 Å². The Labute approximate surface area is 146 Å². The molecule has 5 heteroatoms. The van der Waals surface area contributed by atoms with E-state index in [1.54, 1.807) is 13.2 Å². The third kappa shape index (κ3) is 3.05. The molecule has 1 unspecified atom stereocenters. The number of carbonyl (C=O) groups excluding carboxylic acids is 1. The number of amides is 1. The Hall–Kier alpha value is -2.95. The lowest BCUT2D eigenvalue weighted by atomic mass is 10.1. The first-order chi connectivity index (χ1) is 12.2. The fourth-order valence-corrected chi connectivity index (χ4v) is 3.48. The number of H-pyrrole nitrogens is 1. The van der Waals surface area contributed by atoms with E-state index >= 15 is 0 Å². The summed E-state index contributed by atoms with van der Waals surface area (Å²) in [6.45, 7) is -0.0223. The highest BCUT2D eigenvalue weighted by Gasteiger charge is 2.26. The molecule has 5 nitrogen and oxygen atoms in total. The van der Waals surface area contributed by atoms with Gasteiger partial charge in [0.15, 0.2) is 18.1 Å². The van der Waals surface area contributed by atoms with Gasteiger partial charge in [0.2, 0.25) is 0 Å². The highest BCUT2D eigenvalue weighted by atomic mass is 16.5. The Kier molecular flexibility index (Phi) is 4.06. The van der Waals surface area contributed by atoms with E-state index in [1.165, 1.54) is 16.6 Å². The topological polar surface area (TPSA) is 63.4 Å². The van der Waals surface area contributed by atoms with Gasteiger partial charge < -0.3 is 19.8 Å². The molecule has 0 radical (unpaired) electrons. The Morgan fingerprint density at radius 1 is 1.12 bits per heavy atom. The molecule has 0 fully saturated rings. The molecule has 0 bridgehead atoms. The second-order valence-electron chi connectivity index (χ2n) is 6.24. The molecule has 1 aromatic heterocycles. The lowest BCUT2D eigenvalue weighted by Crippen LogP contribution is -2.38. The summed E-state index contributed by atoms with van der Waals surface area (Å²) in [7, 11) is 1.58. The van der Waals surface area contributed by atoms with Crippen LogP contribution in [0.1, 0.15) is 11.3 Å². The molecule has 1 amide bonds. The summed E-state index contributed by atoms with van der Waals surface area (Å²) in [5, 5.41) is 4.31. The molecule has 2 aromatic carbocycles. The molecule has 1 aliphatic carbocycles. The average molecular weight is 336 g/mol. The van der Waals surface area contributed by atoms with Gasteiger partial charge in [-0.05, 0) is 30.2 Å². The molecule has 25 heavy (non-hydrogen) atoms. The van der Waals surface area contributed by atoms with Crippen molar-refractivity contribution in [3.63, 3.8) is 0 Å². The normalized spacial score (nSPS) is 15.8. The van der Waals surface area contributed by atoms with E-state index in [1.807, 2.05) is 30.3 Å². The van der Waals surface area contributed by atoms with Gasteiger partial charge in [-0.2, -0.15) is 0 Å². The van der Waals surface area contributed by atoms with Crippen molar-refractivity contribution in [2.75, 3.05) is 13.7 Å². The molecular formula is C20H20N2O3. The predicted octanol–water partition coefficient (Wildman–Crippen LogP) is 2.84. The van der Waals surface area contributed by atoms with Gasteiger partial charge in [0.1, 0.15) is 0 Å². The zero-order valence-electron chi connectivity index (χ0n) is 14.0. The summed E-state index contributed by atoms with van der Waals surface area (Å²) in [5.74, 6) is 1.07. The van der Waals surface area contributed by atoms with E-state index in [4.69, 9.17) is 9.47 Å². The van der Waals surface area contributed by atoms with Crippen molar-refractivity contribution in [3.8, 4) is 11.5 Å². The van der Waals surface area contributed by atoms with Crippen LogP contribution in [0, 0.1) is 0 Å². The maximum Gasteiger partial charge on any atom is 0.258 e. The Bertz CT molecular complexity index is 916. The first-order valence-corrected chi connectivity index (χ1v) is 8.38. The molecule has 2 N–H and O–H groups in total. The number of fused-ring (bicyclic) bond motifs is 3. The largest absolute Gasteiger partial charge is 0.493 e. The number of benzene rings is 2. The van der Waals surface area contributed by atoms with E-state index < -0.39 is 0 Å². The molecule has 1 heterocycles. The third-order valence-electron chi connectivity index (χ3n) is 4.60. The Morgan fingerprint density at radius 2 is 1.88 bits per heavy atom. The minimum absolute atomic E-state index is 0.0223. The monoisotopic (exact) mass is 336 g/mol. The van der Waals surface area contributed by atoms with E-state index in [9.17, 15) is 4.79 Å². The van der Waals surface area contributed by atoms with Crippen LogP contribution in [-0.2, 0) is 17.6 Å². The van der Waals surface area contributed by atoms with E-state index in [0.29, 0.717) is 11.5 Å². The molecule has 1 atom stereocenters. The van der Waals surface area contributed by atoms with Gasteiger partial charge >= 0.3 is 0 Å². The van der Waals surface area contributed by atoms with Crippen LogP contribution >= 0.6 is 0 Å². The Morgan fingerprint density at radius 3 is 2.72 bits per heavy atom. The fraction of sp³-hybridized carbons (Fsp3) is 0.250. The quantitative estimate of drug-likeness (QED) is 0.753. The third-order valence-corrected chi connectivity index (χ3v) is 4.60. The summed E-state index contributed by atoms with van der Waals surface area (Å²) < 4.78 is 10.8. The van der Waals surface area contributed by atoms with E-state index in [2.05, 4.69) is 22.4 Å². The second-order valence-corrected chi connectivity index (χ2v) is 6.24. The Balaban J connectivity index is 1.36. The van der Waals surface area contributed by atoms with Crippen molar-refractivity contribution in [3.05, 3.63) is 59.8 Å². The maximum atomic E-state index is 12.2. The first-order valence-electron chi connectivity index (χ1n) is 8.38. The summed E-state index contributed by atoms with van der Waals surface area (Å²) >= 11 is 0. The SMILES string of the molecule is COc1ccccc1OCC(=O)NC1Cc2[nH]c3ccccc3c2C1. The van der Waals surface area contributed by atoms with Gasteiger partial charge in [0.25, 0.3) is 5.91 Å².